The summed E-state index contributed by atoms with van der Waals surface area (Å²) >= 11 is 12.3. The van der Waals surface area contributed by atoms with Crippen molar-refractivity contribution >= 4 is 50.7 Å². The highest BCUT2D eigenvalue weighted by Crippen LogP contribution is 2.26. The van der Waals surface area contributed by atoms with Crippen molar-refractivity contribution in [2.75, 3.05) is 17.1 Å². The van der Waals surface area contributed by atoms with Gasteiger partial charge in [-0.3, -0.25) is 13.9 Å². The summed E-state index contributed by atoms with van der Waals surface area (Å²) < 4.78 is 26.7. The van der Waals surface area contributed by atoms with Gasteiger partial charge in [0.15, 0.2) is 0 Å². The molecule has 0 aromatic heterocycles. The Kier molecular flexibility index (Phi) is 9.89. The lowest BCUT2D eigenvalue weighted by molar-refractivity contribution is -0.140. The Morgan fingerprint density at radius 1 is 1.03 bits per heavy atom. The Labute approximate surface area is 230 Å². The van der Waals surface area contributed by atoms with Crippen LogP contribution in [0.3, 0.4) is 0 Å². The van der Waals surface area contributed by atoms with Gasteiger partial charge in [0, 0.05) is 12.6 Å². The maximum atomic E-state index is 13.8. The van der Waals surface area contributed by atoms with E-state index in [1.165, 1.54) is 4.90 Å². The first-order chi connectivity index (χ1) is 17.4. The van der Waals surface area contributed by atoms with Crippen molar-refractivity contribution in [1.29, 1.82) is 0 Å². The monoisotopic (exact) mass is 567 g/mol. The Hall–Kier alpha value is -2.29. The van der Waals surface area contributed by atoms with E-state index in [0.29, 0.717) is 27.7 Å². The Balaban J connectivity index is 1.96. The number of hydrogen-bond donors (Lipinski definition) is 1. The number of anilines is 1. The largest absolute Gasteiger partial charge is 0.352 e. The maximum Gasteiger partial charge on any atom is 0.244 e. The molecule has 3 rings (SSSR count). The van der Waals surface area contributed by atoms with Gasteiger partial charge in [-0.2, -0.15) is 0 Å². The van der Waals surface area contributed by atoms with Crippen molar-refractivity contribution in [3.05, 3.63) is 63.1 Å². The zero-order valence-electron chi connectivity index (χ0n) is 21.8. The van der Waals surface area contributed by atoms with Gasteiger partial charge >= 0.3 is 0 Å². The first kappa shape index (κ1) is 29.3. The molecular formula is C27H35Cl2N3O4S. The van der Waals surface area contributed by atoms with Gasteiger partial charge in [-0.1, -0.05) is 55.1 Å². The summed E-state index contributed by atoms with van der Waals surface area (Å²) in [6.45, 7) is 5.23. The third-order valence-electron chi connectivity index (χ3n) is 6.60. The second-order valence-corrected chi connectivity index (χ2v) is 12.5. The molecule has 1 unspecified atom stereocenters. The molecule has 1 saturated carbocycles. The fraction of sp³-hybridized carbons (Fsp3) is 0.481. The molecule has 0 saturated heterocycles. The number of carbonyl (C=O) groups is 2. The van der Waals surface area contributed by atoms with Crippen molar-refractivity contribution in [2.24, 2.45) is 0 Å². The number of nitrogens with one attached hydrogen (secondary N) is 1. The molecule has 1 aliphatic rings. The van der Waals surface area contributed by atoms with E-state index in [0.717, 1.165) is 47.4 Å². The molecule has 1 atom stereocenters. The molecular weight excluding hydrogens is 533 g/mol. The van der Waals surface area contributed by atoms with Crippen molar-refractivity contribution in [1.82, 2.24) is 10.2 Å². The van der Waals surface area contributed by atoms with Gasteiger partial charge in [-0.25, -0.2) is 8.42 Å². The minimum atomic E-state index is -3.79. The summed E-state index contributed by atoms with van der Waals surface area (Å²) in [5, 5.41) is 3.81. The first-order valence-corrected chi connectivity index (χ1v) is 15.1. The molecule has 0 spiro atoms. The maximum absolute atomic E-state index is 13.8. The van der Waals surface area contributed by atoms with Crippen LogP contribution in [0.5, 0.6) is 0 Å². The van der Waals surface area contributed by atoms with E-state index in [2.05, 4.69) is 5.32 Å². The van der Waals surface area contributed by atoms with Gasteiger partial charge in [0.25, 0.3) is 0 Å². The number of hydrogen-bond acceptors (Lipinski definition) is 4. The summed E-state index contributed by atoms with van der Waals surface area (Å²) in [6, 6.07) is 9.75. The molecule has 0 bridgehead atoms. The summed E-state index contributed by atoms with van der Waals surface area (Å²) in [5.74, 6) is -0.718. The summed E-state index contributed by atoms with van der Waals surface area (Å²) in [4.78, 5) is 28.6. The molecule has 2 aromatic carbocycles. The van der Waals surface area contributed by atoms with Gasteiger partial charge in [-0.05, 0) is 74.1 Å². The summed E-state index contributed by atoms with van der Waals surface area (Å²) in [7, 11) is -3.79. The van der Waals surface area contributed by atoms with Crippen LogP contribution in [-0.2, 0) is 26.2 Å². The third-order valence-corrected chi connectivity index (χ3v) is 8.48. The number of aryl methyl sites for hydroxylation is 2. The molecule has 7 nitrogen and oxygen atoms in total. The van der Waals surface area contributed by atoms with Crippen LogP contribution in [0.15, 0.2) is 36.4 Å². The van der Waals surface area contributed by atoms with Gasteiger partial charge in [0.05, 0.1) is 22.0 Å². The van der Waals surface area contributed by atoms with Gasteiger partial charge in [0.1, 0.15) is 12.6 Å². The summed E-state index contributed by atoms with van der Waals surface area (Å²) in [5.41, 5.74) is 2.86. The van der Waals surface area contributed by atoms with Crippen molar-refractivity contribution in [3.8, 4) is 0 Å². The molecule has 10 heteroatoms. The molecule has 202 valence electrons. The zero-order valence-corrected chi connectivity index (χ0v) is 24.1. The lowest BCUT2D eigenvalue weighted by atomic mass is 10.1. The molecule has 1 fully saturated rings. The number of amides is 2. The third kappa shape index (κ3) is 7.85. The highest BCUT2D eigenvalue weighted by atomic mass is 35.5. The highest BCUT2D eigenvalue weighted by molar-refractivity contribution is 7.92. The Bertz CT molecular complexity index is 1230. The molecule has 2 aromatic rings. The number of sulfonamides is 1. The minimum absolute atomic E-state index is 0.0801. The fourth-order valence-electron chi connectivity index (χ4n) is 4.83. The van der Waals surface area contributed by atoms with E-state index < -0.39 is 28.5 Å². The van der Waals surface area contributed by atoms with Gasteiger partial charge in [-0.15, -0.1) is 0 Å². The molecule has 2 amide bonds. The van der Waals surface area contributed by atoms with E-state index in [9.17, 15) is 18.0 Å². The number of rotatable bonds is 10. The van der Waals surface area contributed by atoms with E-state index in [-0.39, 0.29) is 18.5 Å². The molecule has 0 radical (unpaired) electrons. The highest BCUT2D eigenvalue weighted by Gasteiger charge is 2.33. The quantitative estimate of drug-likeness (QED) is 0.425. The second kappa shape index (κ2) is 12.5. The first-order valence-electron chi connectivity index (χ1n) is 12.5. The standard InChI is InChI=1S/C27H35Cl2N3O4S/c1-5-25(27(34)30-21-8-6-7-9-21)31(16-20-10-11-23(28)24(29)15-20)26(33)17-32(37(4,35)36)22-13-18(2)12-19(3)14-22/h10-15,21,25H,5-9,16-17H2,1-4H3,(H,30,34). The average Bonchev–Trinajstić information content (AvgIpc) is 3.31. The number of halogens is 2. The van der Waals surface area contributed by atoms with Crippen LogP contribution in [0.4, 0.5) is 5.69 Å². The second-order valence-electron chi connectivity index (χ2n) is 9.80. The Morgan fingerprint density at radius 2 is 1.65 bits per heavy atom. The number of nitrogens with zero attached hydrogens (tertiary/aromatic N) is 2. The summed E-state index contributed by atoms with van der Waals surface area (Å²) in [6.07, 6.45) is 5.40. The number of carbonyl (C=O) groups excluding carboxylic acids is 2. The normalized spacial score (nSPS) is 14.9. The van der Waals surface area contributed by atoms with Crippen LogP contribution in [0.2, 0.25) is 10.0 Å². The minimum Gasteiger partial charge on any atom is -0.352 e. The van der Waals surface area contributed by atoms with Crippen molar-refractivity contribution < 1.29 is 18.0 Å². The SMILES string of the molecule is CCC(C(=O)NC1CCCC1)N(Cc1ccc(Cl)c(Cl)c1)C(=O)CN(c1cc(C)cc(C)c1)S(C)(=O)=O. The zero-order chi connectivity index (χ0) is 27.3. The smallest absolute Gasteiger partial charge is 0.244 e. The van der Waals surface area contributed by atoms with Gasteiger partial charge < -0.3 is 10.2 Å². The molecule has 0 heterocycles. The predicted octanol–water partition coefficient (Wildman–Crippen LogP) is 5.24. The van der Waals surface area contributed by atoms with Crippen molar-refractivity contribution in [3.63, 3.8) is 0 Å². The van der Waals surface area contributed by atoms with Crippen LogP contribution in [0.1, 0.15) is 55.7 Å². The lowest BCUT2D eigenvalue weighted by Gasteiger charge is -2.33. The molecule has 0 aliphatic heterocycles. The molecule has 1 N–H and O–H groups in total. The van der Waals surface area contributed by atoms with E-state index in [1.54, 1.807) is 30.3 Å². The predicted molar refractivity (Wildman–Crippen MR) is 150 cm³/mol. The van der Waals surface area contributed by atoms with Crippen LogP contribution in [0, 0.1) is 13.8 Å². The average molecular weight is 569 g/mol. The van der Waals surface area contributed by atoms with E-state index in [1.807, 2.05) is 26.8 Å². The van der Waals surface area contributed by atoms with Crippen LogP contribution in [0.25, 0.3) is 0 Å². The van der Waals surface area contributed by atoms with Crippen LogP contribution < -0.4 is 9.62 Å². The van der Waals surface area contributed by atoms with E-state index in [4.69, 9.17) is 23.2 Å². The molecule has 1 aliphatic carbocycles. The van der Waals surface area contributed by atoms with Gasteiger partial charge in [0.2, 0.25) is 21.8 Å². The topological polar surface area (TPSA) is 86.8 Å². The van der Waals surface area contributed by atoms with Crippen LogP contribution in [-0.4, -0.2) is 50.0 Å². The van der Waals surface area contributed by atoms with Crippen LogP contribution >= 0.6 is 23.2 Å². The van der Waals surface area contributed by atoms with E-state index >= 15 is 0 Å². The number of benzene rings is 2. The Morgan fingerprint density at radius 3 is 2.19 bits per heavy atom. The van der Waals surface area contributed by atoms with Crippen molar-refractivity contribution in [2.45, 2.75) is 71.5 Å². The lowest BCUT2D eigenvalue weighted by Crippen LogP contribution is -2.53. The fourth-order valence-corrected chi connectivity index (χ4v) is 5.98. The molecule has 37 heavy (non-hydrogen) atoms.